The highest BCUT2D eigenvalue weighted by molar-refractivity contribution is 7.90. The molecule has 1 unspecified atom stereocenters. The zero-order valence-electron chi connectivity index (χ0n) is 20.1. The fourth-order valence-corrected chi connectivity index (χ4v) is 5.44. The number of rotatable bonds is 6. The summed E-state index contributed by atoms with van der Waals surface area (Å²) in [5.41, 5.74) is 1.54. The molecule has 1 aliphatic heterocycles. The highest BCUT2D eigenvalue weighted by Gasteiger charge is 2.41. The number of benzene rings is 3. The summed E-state index contributed by atoms with van der Waals surface area (Å²) >= 11 is 0. The standard InChI is InChI=1S/C26H20N4O7S/c1-16-3-11-22(12-4-16)38(35,36)28-14-13-18-5-6-20(15-23(18)28)29-25(31)24(17(2)27-29)26(32)37-21-9-7-19(8-10-21)30(33)34/h3-15,24H,1-2H3. The third kappa shape index (κ3) is 4.30. The van der Waals surface area contributed by atoms with E-state index in [-0.39, 0.29) is 27.7 Å². The molecular weight excluding hydrogens is 512 g/mol. The lowest BCUT2D eigenvalue weighted by Crippen LogP contribution is -2.35. The Balaban J connectivity index is 1.42. The van der Waals surface area contributed by atoms with E-state index < -0.39 is 32.7 Å². The molecular formula is C26H20N4O7S. The van der Waals surface area contributed by atoms with Crippen LogP contribution in [0, 0.1) is 23.0 Å². The Labute approximate surface area is 216 Å². The maximum atomic E-state index is 13.3. The molecule has 192 valence electrons. The number of anilines is 1. The van der Waals surface area contributed by atoms with Crippen molar-refractivity contribution in [2.45, 2.75) is 18.7 Å². The summed E-state index contributed by atoms with van der Waals surface area (Å²) in [6, 6.07) is 17.8. The number of hydrogen-bond acceptors (Lipinski definition) is 8. The summed E-state index contributed by atoms with van der Waals surface area (Å²) < 4.78 is 33.0. The predicted molar refractivity (Wildman–Crippen MR) is 139 cm³/mol. The van der Waals surface area contributed by atoms with Gasteiger partial charge in [-0.2, -0.15) is 10.1 Å². The van der Waals surface area contributed by atoms with Gasteiger partial charge in [-0.1, -0.05) is 23.8 Å². The van der Waals surface area contributed by atoms with Gasteiger partial charge >= 0.3 is 5.97 Å². The van der Waals surface area contributed by atoms with E-state index in [1.165, 1.54) is 55.6 Å². The van der Waals surface area contributed by atoms with Gasteiger partial charge in [0, 0.05) is 23.7 Å². The summed E-state index contributed by atoms with van der Waals surface area (Å²) in [5, 5.41) is 16.7. The van der Waals surface area contributed by atoms with Crippen LogP contribution < -0.4 is 9.75 Å². The van der Waals surface area contributed by atoms with Gasteiger partial charge < -0.3 is 4.74 Å². The van der Waals surface area contributed by atoms with Gasteiger partial charge in [-0.15, -0.1) is 0 Å². The van der Waals surface area contributed by atoms with Crippen molar-refractivity contribution in [2.75, 3.05) is 5.01 Å². The number of ether oxygens (including phenoxy) is 1. The molecule has 11 nitrogen and oxygen atoms in total. The van der Waals surface area contributed by atoms with Crippen LogP contribution in [0.15, 0.2) is 89.0 Å². The first-order valence-corrected chi connectivity index (χ1v) is 12.8. The molecule has 4 aromatic rings. The summed E-state index contributed by atoms with van der Waals surface area (Å²) in [6.45, 7) is 3.36. The lowest BCUT2D eigenvalue weighted by atomic mass is 10.1. The van der Waals surface area contributed by atoms with Crippen molar-refractivity contribution in [2.24, 2.45) is 11.0 Å². The van der Waals surface area contributed by atoms with E-state index >= 15 is 0 Å². The number of nitro benzene ring substituents is 1. The normalized spacial score (nSPS) is 15.5. The molecule has 2 heterocycles. The fourth-order valence-electron chi connectivity index (χ4n) is 4.09. The summed E-state index contributed by atoms with van der Waals surface area (Å²) in [5.74, 6) is -2.85. The summed E-state index contributed by atoms with van der Waals surface area (Å²) in [4.78, 5) is 36.4. The molecule has 0 bridgehead atoms. The first kappa shape index (κ1) is 24.8. The van der Waals surface area contributed by atoms with Gasteiger partial charge in [0.25, 0.3) is 21.6 Å². The van der Waals surface area contributed by atoms with Gasteiger partial charge in [0.1, 0.15) is 5.75 Å². The lowest BCUT2D eigenvalue weighted by molar-refractivity contribution is -0.384. The Bertz CT molecular complexity index is 1740. The van der Waals surface area contributed by atoms with Crippen LogP contribution in [-0.2, 0) is 19.6 Å². The molecule has 0 N–H and O–H groups in total. The van der Waals surface area contributed by atoms with Crippen molar-refractivity contribution in [3.63, 3.8) is 0 Å². The topological polar surface area (TPSA) is 141 Å². The second-order valence-electron chi connectivity index (χ2n) is 8.67. The number of fused-ring (bicyclic) bond motifs is 1. The second-order valence-corrected chi connectivity index (χ2v) is 10.5. The third-order valence-corrected chi connectivity index (χ3v) is 7.80. The molecule has 5 rings (SSSR count). The first-order valence-electron chi connectivity index (χ1n) is 11.3. The van der Waals surface area contributed by atoms with Crippen molar-refractivity contribution in [3.05, 3.63) is 94.7 Å². The average molecular weight is 533 g/mol. The number of esters is 1. The fraction of sp³-hybridized carbons (Fsp3) is 0.115. The molecule has 12 heteroatoms. The minimum Gasteiger partial charge on any atom is -0.426 e. The first-order chi connectivity index (χ1) is 18.1. The Morgan fingerprint density at radius 1 is 1.00 bits per heavy atom. The van der Waals surface area contributed by atoms with E-state index in [0.717, 1.165) is 14.5 Å². The Morgan fingerprint density at radius 2 is 1.68 bits per heavy atom. The highest BCUT2D eigenvalue weighted by Crippen LogP contribution is 2.31. The van der Waals surface area contributed by atoms with Crippen molar-refractivity contribution >= 4 is 49.9 Å². The van der Waals surface area contributed by atoms with Crippen LogP contribution >= 0.6 is 0 Å². The number of amides is 1. The SMILES string of the molecule is CC1=NN(c2ccc3ccn(S(=O)(=O)c4ccc(C)cc4)c3c2)C(=O)C1C(=O)Oc1ccc([N+](=O)[O-])cc1. The maximum Gasteiger partial charge on any atom is 0.329 e. The van der Waals surface area contributed by atoms with Crippen molar-refractivity contribution < 1.29 is 27.7 Å². The molecule has 38 heavy (non-hydrogen) atoms. The van der Waals surface area contributed by atoms with Gasteiger partial charge in [0.2, 0.25) is 0 Å². The minimum atomic E-state index is -3.91. The number of aromatic nitrogens is 1. The quantitative estimate of drug-likeness (QED) is 0.120. The number of carbonyl (C=O) groups excluding carboxylic acids is 2. The van der Waals surface area contributed by atoms with E-state index in [9.17, 15) is 28.1 Å². The molecule has 1 aliphatic rings. The molecule has 0 saturated carbocycles. The van der Waals surface area contributed by atoms with E-state index in [1.807, 2.05) is 6.92 Å². The van der Waals surface area contributed by atoms with Gasteiger partial charge in [-0.3, -0.25) is 19.7 Å². The maximum absolute atomic E-state index is 13.3. The van der Waals surface area contributed by atoms with E-state index in [0.29, 0.717) is 10.9 Å². The Morgan fingerprint density at radius 3 is 2.34 bits per heavy atom. The predicted octanol–water partition coefficient (Wildman–Crippen LogP) is 4.04. The molecule has 0 spiro atoms. The molecule has 0 radical (unpaired) electrons. The highest BCUT2D eigenvalue weighted by atomic mass is 32.2. The zero-order valence-corrected chi connectivity index (χ0v) is 21.0. The zero-order chi connectivity index (χ0) is 27.2. The van der Waals surface area contributed by atoms with Crippen LogP contribution in [0.1, 0.15) is 12.5 Å². The van der Waals surface area contributed by atoms with Crippen LogP contribution in [0.4, 0.5) is 11.4 Å². The third-order valence-electron chi connectivity index (χ3n) is 6.10. The number of carbonyl (C=O) groups is 2. The lowest BCUT2D eigenvalue weighted by Gasteiger charge is -2.15. The van der Waals surface area contributed by atoms with Gasteiger partial charge in [0.15, 0.2) is 5.92 Å². The largest absolute Gasteiger partial charge is 0.426 e. The van der Waals surface area contributed by atoms with Crippen LogP contribution in [-0.4, -0.2) is 34.9 Å². The molecule has 1 atom stereocenters. The molecule has 3 aromatic carbocycles. The molecule has 0 saturated heterocycles. The van der Waals surface area contributed by atoms with Crippen molar-refractivity contribution in [1.29, 1.82) is 0 Å². The number of nitro groups is 1. The molecule has 0 aliphatic carbocycles. The molecule has 1 aromatic heterocycles. The van der Waals surface area contributed by atoms with Crippen LogP contribution in [0.3, 0.4) is 0 Å². The Kier molecular flexibility index (Phi) is 6.03. The number of hydrogen-bond donors (Lipinski definition) is 0. The number of hydrazone groups is 1. The van der Waals surface area contributed by atoms with Gasteiger partial charge in [-0.05, 0) is 56.3 Å². The van der Waals surface area contributed by atoms with Crippen LogP contribution in [0.5, 0.6) is 5.75 Å². The molecule has 1 amide bonds. The number of aryl methyl sites for hydroxylation is 1. The van der Waals surface area contributed by atoms with Gasteiger partial charge in [-0.25, -0.2) is 12.4 Å². The van der Waals surface area contributed by atoms with Crippen molar-refractivity contribution in [3.8, 4) is 5.75 Å². The monoisotopic (exact) mass is 532 g/mol. The smallest absolute Gasteiger partial charge is 0.329 e. The summed E-state index contributed by atoms with van der Waals surface area (Å²) in [7, 11) is -3.91. The minimum absolute atomic E-state index is 0.0419. The van der Waals surface area contributed by atoms with E-state index in [1.54, 1.807) is 30.3 Å². The average Bonchev–Trinajstić information content (AvgIpc) is 3.44. The van der Waals surface area contributed by atoms with Crippen LogP contribution in [0.2, 0.25) is 0 Å². The van der Waals surface area contributed by atoms with Crippen LogP contribution in [0.25, 0.3) is 10.9 Å². The Hall–Kier alpha value is -4.84. The number of non-ortho nitro benzene ring substituents is 1. The van der Waals surface area contributed by atoms with Gasteiger partial charge in [0.05, 0.1) is 26.7 Å². The van der Waals surface area contributed by atoms with E-state index in [2.05, 4.69) is 5.10 Å². The molecule has 0 fully saturated rings. The van der Waals surface area contributed by atoms with E-state index in [4.69, 9.17) is 4.74 Å². The van der Waals surface area contributed by atoms with Crippen molar-refractivity contribution in [1.82, 2.24) is 3.97 Å². The second kappa shape index (κ2) is 9.23. The summed E-state index contributed by atoms with van der Waals surface area (Å²) in [6.07, 6.45) is 1.44. The number of nitrogens with zero attached hydrogens (tertiary/aromatic N) is 4.